The largest absolute Gasteiger partial charge is 0.461 e. The molecule has 0 aromatic heterocycles. The zero-order valence-corrected chi connectivity index (χ0v) is 13.5. The molecule has 21 heavy (non-hydrogen) atoms. The van der Waals surface area contributed by atoms with Crippen LogP contribution < -0.4 is 0 Å². The van der Waals surface area contributed by atoms with E-state index in [-0.39, 0.29) is 35.6 Å². The summed E-state index contributed by atoms with van der Waals surface area (Å²) in [7, 11) is 0. The van der Waals surface area contributed by atoms with E-state index >= 15 is 0 Å². The Morgan fingerprint density at radius 3 is 2.71 bits per heavy atom. The van der Waals surface area contributed by atoms with Gasteiger partial charge in [0.15, 0.2) is 0 Å². The molecule has 0 unspecified atom stereocenters. The van der Waals surface area contributed by atoms with Gasteiger partial charge < -0.3 is 9.53 Å². The van der Waals surface area contributed by atoms with E-state index in [9.17, 15) is 9.59 Å². The molecule has 2 aliphatic rings. The lowest BCUT2D eigenvalue weighted by Crippen LogP contribution is -2.29. The van der Waals surface area contributed by atoms with Gasteiger partial charge in [-0.05, 0) is 39.5 Å². The Morgan fingerprint density at radius 1 is 1.33 bits per heavy atom. The summed E-state index contributed by atoms with van der Waals surface area (Å²) in [5.74, 6) is 0.156. The van der Waals surface area contributed by atoms with E-state index in [1.807, 2.05) is 6.92 Å². The van der Waals surface area contributed by atoms with E-state index in [1.165, 1.54) is 11.1 Å². The summed E-state index contributed by atoms with van der Waals surface area (Å²) in [6, 6.07) is 0. The first-order chi connectivity index (χ1) is 9.88. The standard InChI is InChI=1S/C18H26O3/c1-11-6-5-7-12(2)9-16-17(14(4)18(20)21-16)15(8-11)10-13(3)19/h7-8,14-17H,5-6,9-10H2,1-4H3/b11-8-,12-7-/t14-,15+,16+,17+/m1/s1. The van der Waals surface area contributed by atoms with Crippen molar-refractivity contribution >= 4 is 11.8 Å². The first-order valence-electron chi connectivity index (χ1n) is 7.91. The molecule has 1 saturated heterocycles. The summed E-state index contributed by atoms with van der Waals surface area (Å²) in [6.45, 7) is 7.79. The van der Waals surface area contributed by atoms with Crippen molar-refractivity contribution in [2.24, 2.45) is 17.8 Å². The number of rotatable bonds is 2. The van der Waals surface area contributed by atoms with E-state index in [2.05, 4.69) is 26.0 Å². The molecule has 4 atom stereocenters. The minimum Gasteiger partial charge on any atom is -0.461 e. The molecule has 1 aliphatic carbocycles. The molecule has 2 rings (SSSR count). The first-order valence-corrected chi connectivity index (χ1v) is 7.91. The van der Waals surface area contributed by atoms with Crippen molar-refractivity contribution in [3.63, 3.8) is 0 Å². The average Bonchev–Trinajstić information content (AvgIpc) is 2.62. The number of carbonyl (C=O) groups is 2. The van der Waals surface area contributed by atoms with Crippen molar-refractivity contribution in [3.05, 3.63) is 23.3 Å². The zero-order chi connectivity index (χ0) is 15.6. The molecule has 3 nitrogen and oxygen atoms in total. The maximum Gasteiger partial charge on any atom is 0.309 e. The quantitative estimate of drug-likeness (QED) is 0.573. The molecule has 0 amide bonds. The van der Waals surface area contributed by atoms with Crippen molar-refractivity contribution in [1.29, 1.82) is 0 Å². The number of Topliss-reactive ketones (excluding diaryl/α,β-unsaturated/α-hetero) is 1. The van der Waals surface area contributed by atoms with Gasteiger partial charge >= 0.3 is 5.97 Å². The van der Waals surface area contributed by atoms with Gasteiger partial charge in [-0.15, -0.1) is 0 Å². The molecule has 0 radical (unpaired) electrons. The maximum atomic E-state index is 12.0. The smallest absolute Gasteiger partial charge is 0.309 e. The first kappa shape index (κ1) is 16.0. The van der Waals surface area contributed by atoms with Gasteiger partial charge in [0, 0.05) is 18.8 Å². The molecule has 0 N–H and O–H groups in total. The number of hydrogen-bond donors (Lipinski definition) is 0. The second kappa shape index (κ2) is 6.59. The van der Waals surface area contributed by atoms with E-state index in [0.29, 0.717) is 6.42 Å². The highest BCUT2D eigenvalue weighted by molar-refractivity contribution is 5.77. The van der Waals surface area contributed by atoms with Crippen LogP contribution in [0.1, 0.15) is 53.4 Å². The van der Waals surface area contributed by atoms with Gasteiger partial charge in [-0.2, -0.15) is 0 Å². The highest BCUT2D eigenvalue weighted by Gasteiger charge is 2.45. The molecule has 0 spiro atoms. The Morgan fingerprint density at radius 2 is 2.05 bits per heavy atom. The van der Waals surface area contributed by atoms with E-state index < -0.39 is 0 Å². The number of carbonyl (C=O) groups excluding carboxylic acids is 2. The predicted molar refractivity (Wildman–Crippen MR) is 82.7 cm³/mol. The molecular formula is C18H26O3. The van der Waals surface area contributed by atoms with Crippen molar-refractivity contribution in [1.82, 2.24) is 0 Å². The van der Waals surface area contributed by atoms with Crippen LogP contribution in [0.3, 0.4) is 0 Å². The number of ketones is 1. The Bertz CT molecular complexity index is 487. The fourth-order valence-electron chi connectivity index (χ4n) is 3.67. The molecule has 1 heterocycles. The maximum absolute atomic E-state index is 12.0. The highest BCUT2D eigenvalue weighted by Crippen LogP contribution is 2.40. The molecule has 3 heteroatoms. The fraction of sp³-hybridized carbons (Fsp3) is 0.667. The lowest BCUT2D eigenvalue weighted by Gasteiger charge is -2.27. The van der Waals surface area contributed by atoms with Crippen LogP contribution in [-0.4, -0.2) is 17.9 Å². The summed E-state index contributed by atoms with van der Waals surface area (Å²) in [6.07, 6.45) is 7.70. The third kappa shape index (κ3) is 3.84. The summed E-state index contributed by atoms with van der Waals surface area (Å²) < 4.78 is 5.61. The summed E-state index contributed by atoms with van der Waals surface area (Å²) in [4.78, 5) is 23.7. The molecular weight excluding hydrogens is 264 g/mol. The molecule has 1 aliphatic heterocycles. The SMILES string of the molecule is CC(=O)C[C@@H]1/C=C(/C)CC/C=C(/C)C[C@@H]2OC(=O)[C@H](C)[C@H]21. The molecule has 0 bridgehead atoms. The van der Waals surface area contributed by atoms with Crippen LogP contribution in [0.25, 0.3) is 0 Å². The van der Waals surface area contributed by atoms with Crippen molar-refractivity contribution in [3.8, 4) is 0 Å². The predicted octanol–water partition coefficient (Wildman–Crippen LogP) is 3.84. The van der Waals surface area contributed by atoms with Gasteiger partial charge in [-0.25, -0.2) is 0 Å². The summed E-state index contributed by atoms with van der Waals surface area (Å²) >= 11 is 0. The highest BCUT2D eigenvalue weighted by atomic mass is 16.6. The molecule has 1 fully saturated rings. The minimum atomic E-state index is -0.129. The third-order valence-corrected chi connectivity index (χ3v) is 4.72. The topological polar surface area (TPSA) is 43.4 Å². The monoisotopic (exact) mass is 290 g/mol. The number of esters is 1. The third-order valence-electron chi connectivity index (χ3n) is 4.72. The Kier molecular flexibility index (Phi) is 5.02. The summed E-state index contributed by atoms with van der Waals surface area (Å²) in [5, 5.41) is 0. The van der Waals surface area contributed by atoms with Gasteiger partial charge in [0.25, 0.3) is 0 Å². The van der Waals surface area contributed by atoms with Gasteiger partial charge in [0.1, 0.15) is 11.9 Å². The molecule has 116 valence electrons. The van der Waals surface area contributed by atoms with Crippen molar-refractivity contribution in [2.75, 3.05) is 0 Å². The van der Waals surface area contributed by atoms with Gasteiger partial charge in [-0.3, -0.25) is 4.79 Å². The summed E-state index contributed by atoms with van der Waals surface area (Å²) in [5.41, 5.74) is 2.58. The Hall–Kier alpha value is -1.38. The van der Waals surface area contributed by atoms with Gasteiger partial charge in [-0.1, -0.05) is 30.2 Å². The molecule has 0 saturated carbocycles. The lowest BCUT2D eigenvalue weighted by atomic mass is 9.75. The lowest BCUT2D eigenvalue weighted by molar-refractivity contribution is -0.143. The van der Waals surface area contributed by atoms with Crippen LogP contribution >= 0.6 is 0 Å². The van der Waals surface area contributed by atoms with Crippen LogP contribution in [0.4, 0.5) is 0 Å². The van der Waals surface area contributed by atoms with Crippen LogP contribution in [0.5, 0.6) is 0 Å². The van der Waals surface area contributed by atoms with Gasteiger partial charge in [0.05, 0.1) is 5.92 Å². The van der Waals surface area contributed by atoms with E-state index in [4.69, 9.17) is 4.74 Å². The Balaban J connectivity index is 2.36. The van der Waals surface area contributed by atoms with E-state index in [0.717, 1.165) is 19.3 Å². The van der Waals surface area contributed by atoms with Crippen LogP contribution in [0, 0.1) is 17.8 Å². The van der Waals surface area contributed by atoms with Crippen molar-refractivity contribution < 1.29 is 14.3 Å². The van der Waals surface area contributed by atoms with Gasteiger partial charge in [0.2, 0.25) is 0 Å². The number of hydrogen-bond acceptors (Lipinski definition) is 3. The van der Waals surface area contributed by atoms with Crippen LogP contribution in [-0.2, 0) is 14.3 Å². The minimum absolute atomic E-state index is 0.0877. The number of allylic oxidation sites excluding steroid dienone is 3. The normalized spacial score (nSPS) is 38.6. The van der Waals surface area contributed by atoms with Crippen LogP contribution in [0.2, 0.25) is 0 Å². The fourth-order valence-corrected chi connectivity index (χ4v) is 3.67. The number of fused-ring (bicyclic) bond motifs is 1. The molecule has 0 aromatic rings. The zero-order valence-electron chi connectivity index (χ0n) is 13.5. The Labute approximate surface area is 127 Å². The van der Waals surface area contributed by atoms with Crippen molar-refractivity contribution in [2.45, 2.75) is 59.5 Å². The molecule has 0 aromatic carbocycles. The average molecular weight is 290 g/mol. The van der Waals surface area contributed by atoms with Crippen LogP contribution in [0.15, 0.2) is 23.3 Å². The van der Waals surface area contributed by atoms with E-state index in [1.54, 1.807) is 6.92 Å². The second-order valence-corrected chi connectivity index (χ2v) is 6.72. The second-order valence-electron chi connectivity index (χ2n) is 6.72. The number of ether oxygens (including phenoxy) is 1.